The van der Waals surface area contributed by atoms with E-state index in [4.69, 9.17) is 10.5 Å². The molecule has 0 aliphatic rings. The Bertz CT molecular complexity index is 401. The molecule has 0 radical (unpaired) electrons. The van der Waals surface area contributed by atoms with Crippen molar-refractivity contribution in [1.82, 2.24) is 5.32 Å². The minimum atomic E-state index is -0.133. The average molecular weight is 250 g/mol. The number of nitrogens with two attached hydrogens (primary N) is 1. The van der Waals surface area contributed by atoms with Gasteiger partial charge in [-0.1, -0.05) is 32.8 Å². The first-order valence-electron chi connectivity index (χ1n) is 6.34. The summed E-state index contributed by atoms with van der Waals surface area (Å²) in [5, 5.41) is 2.93. The van der Waals surface area contributed by atoms with Crippen LogP contribution in [0.15, 0.2) is 18.2 Å². The predicted molar refractivity (Wildman–Crippen MR) is 73.8 cm³/mol. The molecule has 0 aliphatic carbocycles. The van der Waals surface area contributed by atoms with Crippen LogP contribution in [0.2, 0.25) is 0 Å². The number of hydrogen-bond acceptors (Lipinski definition) is 3. The monoisotopic (exact) mass is 250 g/mol. The van der Waals surface area contributed by atoms with Crippen molar-refractivity contribution < 1.29 is 9.53 Å². The van der Waals surface area contributed by atoms with Crippen LogP contribution in [-0.2, 0) is 0 Å². The van der Waals surface area contributed by atoms with Gasteiger partial charge in [0.15, 0.2) is 5.75 Å². The first-order chi connectivity index (χ1) is 8.63. The van der Waals surface area contributed by atoms with Crippen LogP contribution < -0.4 is 15.8 Å². The molecule has 0 saturated carbocycles. The van der Waals surface area contributed by atoms with E-state index in [9.17, 15) is 4.79 Å². The summed E-state index contributed by atoms with van der Waals surface area (Å²) in [6, 6.07) is 5.19. The number of benzene rings is 1. The van der Waals surface area contributed by atoms with Gasteiger partial charge in [0.25, 0.3) is 5.91 Å². The highest BCUT2D eigenvalue weighted by Crippen LogP contribution is 2.25. The first-order valence-corrected chi connectivity index (χ1v) is 6.34. The molecule has 0 heterocycles. The molecule has 0 unspecified atom stereocenters. The number of hydrogen-bond donors (Lipinski definition) is 2. The van der Waals surface area contributed by atoms with E-state index >= 15 is 0 Å². The Morgan fingerprint density at radius 3 is 2.61 bits per heavy atom. The maximum atomic E-state index is 12.1. The van der Waals surface area contributed by atoms with Crippen LogP contribution >= 0.6 is 0 Å². The van der Waals surface area contributed by atoms with E-state index in [0.717, 1.165) is 12.8 Å². The van der Waals surface area contributed by atoms with Gasteiger partial charge in [-0.05, 0) is 18.1 Å². The van der Waals surface area contributed by atoms with Crippen LogP contribution in [0.1, 0.15) is 37.0 Å². The zero-order chi connectivity index (χ0) is 13.5. The van der Waals surface area contributed by atoms with Crippen LogP contribution in [0.25, 0.3) is 0 Å². The minimum absolute atomic E-state index is 0.133. The number of amides is 1. The number of rotatable bonds is 6. The highest BCUT2D eigenvalue weighted by Gasteiger charge is 2.15. The molecule has 0 atom stereocenters. The van der Waals surface area contributed by atoms with Gasteiger partial charge in [0.2, 0.25) is 0 Å². The maximum absolute atomic E-state index is 12.1. The third kappa shape index (κ3) is 3.39. The van der Waals surface area contributed by atoms with Gasteiger partial charge in [0, 0.05) is 6.54 Å². The van der Waals surface area contributed by atoms with Crippen LogP contribution in [0.4, 0.5) is 5.69 Å². The van der Waals surface area contributed by atoms with E-state index in [-0.39, 0.29) is 5.91 Å². The minimum Gasteiger partial charge on any atom is -0.494 e. The van der Waals surface area contributed by atoms with Gasteiger partial charge in [0.1, 0.15) is 0 Å². The van der Waals surface area contributed by atoms with Crippen LogP contribution in [0.3, 0.4) is 0 Å². The Morgan fingerprint density at radius 1 is 1.39 bits per heavy atom. The smallest absolute Gasteiger partial charge is 0.255 e. The zero-order valence-electron chi connectivity index (χ0n) is 11.3. The van der Waals surface area contributed by atoms with Gasteiger partial charge in [-0.2, -0.15) is 0 Å². The molecule has 4 heteroatoms. The lowest BCUT2D eigenvalue weighted by atomic mass is 10.0. The molecular weight excluding hydrogens is 228 g/mol. The van der Waals surface area contributed by atoms with Gasteiger partial charge in [0.05, 0.1) is 18.4 Å². The van der Waals surface area contributed by atoms with E-state index < -0.39 is 0 Å². The van der Waals surface area contributed by atoms with Crippen molar-refractivity contribution in [3.63, 3.8) is 0 Å². The fourth-order valence-electron chi connectivity index (χ4n) is 1.87. The lowest BCUT2D eigenvalue weighted by Crippen LogP contribution is -2.29. The van der Waals surface area contributed by atoms with Gasteiger partial charge < -0.3 is 15.8 Å². The Labute approximate surface area is 109 Å². The molecule has 0 saturated heterocycles. The number of anilines is 1. The highest BCUT2D eigenvalue weighted by atomic mass is 16.5. The largest absolute Gasteiger partial charge is 0.494 e. The van der Waals surface area contributed by atoms with Crippen LogP contribution in [0, 0.1) is 5.92 Å². The predicted octanol–water partition coefficient (Wildman–Crippen LogP) is 2.44. The number of nitrogen functional groups attached to an aromatic ring is 1. The lowest BCUT2D eigenvalue weighted by molar-refractivity contribution is 0.0943. The van der Waals surface area contributed by atoms with E-state index in [1.54, 1.807) is 18.2 Å². The van der Waals surface area contributed by atoms with Gasteiger partial charge in [-0.3, -0.25) is 4.79 Å². The second kappa shape index (κ2) is 6.89. The number of ether oxygens (including phenoxy) is 1. The van der Waals surface area contributed by atoms with Crippen molar-refractivity contribution in [3.05, 3.63) is 23.8 Å². The number of methoxy groups -OCH3 is 1. The van der Waals surface area contributed by atoms with Crippen molar-refractivity contribution >= 4 is 11.6 Å². The summed E-state index contributed by atoms with van der Waals surface area (Å²) >= 11 is 0. The summed E-state index contributed by atoms with van der Waals surface area (Å²) in [6.45, 7) is 4.94. The summed E-state index contributed by atoms with van der Waals surface area (Å²) in [5.41, 5.74) is 6.74. The fourth-order valence-corrected chi connectivity index (χ4v) is 1.87. The number of carbonyl (C=O) groups is 1. The molecule has 0 bridgehead atoms. The molecule has 1 rings (SSSR count). The van der Waals surface area contributed by atoms with E-state index in [1.807, 2.05) is 0 Å². The second-order valence-electron chi connectivity index (χ2n) is 4.32. The Kier molecular flexibility index (Phi) is 5.49. The molecule has 1 amide bonds. The fraction of sp³-hybridized carbons (Fsp3) is 0.500. The van der Waals surface area contributed by atoms with Crippen molar-refractivity contribution in [2.75, 3.05) is 19.4 Å². The van der Waals surface area contributed by atoms with Crippen molar-refractivity contribution in [3.8, 4) is 5.75 Å². The third-order valence-corrected chi connectivity index (χ3v) is 3.20. The third-order valence-electron chi connectivity index (χ3n) is 3.20. The lowest BCUT2D eigenvalue weighted by Gasteiger charge is -2.15. The summed E-state index contributed by atoms with van der Waals surface area (Å²) in [5.74, 6) is 0.826. The van der Waals surface area contributed by atoms with E-state index in [2.05, 4.69) is 19.2 Å². The SMILES string of the molecule is CCC(CC)CNC(=O)c1cccc(N)c1OC. The quantitative estimate of drug-likeness (QED) is 0.762. The molecule has 100 valence electrons. The van der Waals surface area contributed by atoms with Gasteiger partial charge in [-0.15, -0.1) is 0 Å². The maximum Gasteiger partial charge on any atom is 0.255 e. The molecule has 3 N–H and O–H groups in total. The summed E-state index contributed by atoms with van der Waals surface area (Å²) in [4.78, 5) is 12.1. The Balaban J connectivity index is 2.75. The number of para-hydroxylation sites is 1. The molecule has 0 aliphatic heterocycles. The van der Waals surface area contributed by atoms with Crippen LogP contribution in [-0.4, -0.2) is 19.6 Å². The van der Waals surface area contributed by atoms with Crippen molar-refractivity contribution in [2.24, 2.45) is 5.92 Å². The molecule has 0 aromatic heterocycles. The Hall–Kier alpha value is -1.71. The molecule has 1 aromatic carbocycles. The first kappa shape index (κ1) is 14.4. The van der Waals surface area contributed by atoms with Crippen LogP contribution in [0.5, 0.6) is 5.75 Å². The number of nitrogens with one attached hydrogen (secondary N) is 1. The normalized spacial score (nSPS) is 10.4. The average Bonchev–Trinajstić information content (AvgIpc) is 2.39. The topological polar surface area (TPSA) is 64.4 Å². The molecule has 1 aromatic rings. The summed E-state index contributed by atoms with van der Waals surface area (Å²) in [6.07, 6.45) is 2.12. The summed E-state index contributed by atoms with van der Waals surface area (Å²) in [7, 11) is 1.52. The summed E-state index contributed by atoms with van der Waals surface area (Å²) < 4.78 is 5.17. The molecule has 18 heavy (non-hydrogen) atoms. The van der Waals surface area contributed by atoms with Gasteiger partial charge in [-0.25, -0.2) is 0 Å². The molecule has 0 spiro atoms. The van der Waals surface area contributed by atoms with E-state index in [0.29, 0.717) is 29.5 Å². The zero-order valence-corrected chi connectivity index (χ0v) is 11.3. The van der Waals surface area contributed by atoms with E-state index in [1.165, 1.54) is 7.11 Å². The van der Waals surface area contributed by atoms with Crippen molar-refractivity contribution in [1.29, 1.82) is 0 Å². The standard InChI is InChI=1S/C14H22N2O2/c1-4-10(5-2)9-16-14(17)11-7-6-8-12(15)13(11)18-3/h6-8,10H,4-5,9,15H2,1-3H3,(H,16,17). The number of carbonyl (C=O) groups excluding carboxylic acids is 1. The van der Waals surface area contributed by atoms with Crippen molar-refractivity contribution in [2.45, 2.75) is 26.7 Å². The highest BCUT2D eigenvalue weighted by molar-refractivity contribution is 5.98. The Morgan fingerprint density at radius 2 is 2.06 bits per heavy atom. The molecule has 0 fully saturated rings. The molecular formula is C14H22N2O2. The second-order valence-corrected chi connectivity index (χ2v) is 4.32. The van der Waals surface area contributed by atoms with Gasteiger partial charge >= 0.3 is 0 Å². The molecule has 4 nitrogen and oxygen atoms in total.